The summed E-state index contributed by atoms with van der Waals surface area (Å²) in [6.45, 7) is 10.7. The van der Waals surface area contributed by atoms with E-state index in [4.69, 9.17) is 9.47 Å². The van der Waals surface area contributed by atoms with Crippen LogP contribution in [0.25, 0.3) is 6.08 Å². The van der Waals surface area contributed by atoms with Crippen LogP contribution < -0.4 is 9.47 Å². The van der Waals surface area contributed by atoms with E-state index >= 15 is 0 Å². The number of hydrogen-bond donors (Lipinski definition) is 0. The molecule has 0 fully saturated rings. The molecule has 0 aliphatic carbocycles. The molecule has 2 aromatic carbocycles. The smallest absolute Gasteiger partial charge is 0.185 e. The third-order valence-electron chi connectivity index (χ3n) is 5.42. The van der Waals surface area contributed by atoms with Crippen molar-refractivity contribution in [2.45, 2.75) is 78.9 Å². The van der Waals surface area contributed by atoms with Gasteiger partial charge in [-0.1, -0.05) is 65.0 Å². The average Bonchev–Trinajstić information content (AvgIpc) is 2.80. The van der Waals surface area contributed by atoms with E-state index in [1.165, 1.54) is 5.56 Å². The van der Waals surface area contributed by atoms with Crippen LogP contribution in [0.1, 0.15) is 81.8 Å². The highest BCUT2D eigenvalue weighted by molar-refractivity contribution is 6.07. The molecule has 2 aromatic rings. The number of hydrogen-bond acceptors (Lipinski definition) is 3. The fourth-order valence-electron chi connectivity index (χ4n) is 3.35. The summed E-state index contributed by atoms with van der Waals surface area (Å²) in [5, 5.41) is 0. The van der Waals surface area contributed by atoms with E-state index in [1.807, 2.05) is 36.4 Å². The quantitative estimate of drug-likeness (QED) is 0.273. The van der Waals surface area contributed by atoms with E-state index in [2.05, 4.69) is 46.8 Å². The van der Waals surface area contributed by atoms with E-state index in [9.17, 15) is 4.79 Å². The van der Waals surface area contributed by atoms with Gasteiger partial charge in [0.15, 0.2) is 17.3 Å². The summed E-state index contributed by atoms with van der Waals surface area (Å²) >= 11 is 0. The minimum atomic E-state index is -0.0200. The Bertz CT molecular complexity index is 816. The van der Waals surface area contributed by atoms with Gasteiger partial charge in [0.1, 0.15) is 0 Å². The van der Waals surface area contributed by atoms with Crippen LogP contribution in [-0.4, -0.2) is 18.0 Å². The molecule has 0 spiro atoms. The lowest BCUT2D eigenvalue weighted by Gasteiger charge is -2.24. The summed E-state index contributed by atoms with van der Waals surface area (Å²) in [6.07, 6.45) is 8.35. The molecule has 0 atom stereocenters. The Morgan fingerprint density at radius 3 is 2.03 bits per heavy atom. The van der Waals surface area contributed by atoms with Crippen LogP contribution >= 0.6 is 0 Å². The maximum atomic E-state index is 12.6. The largest absolute Gasteiger partial charge is 0.487 e. The Balaban J connectivity index is 2.48. The summed E-state index contributed by atoms with van der Waals surface area (Å²) < 4.78 is 12.8. The molecular weight excluding hydrogens is 372 g/mol. The van der Waals surface area contributed by atoms with Crippen LogP contribution in [0, 0.1) is 0 Å². The second-order valence-electron chi connectivity index (χ2n) is 7.54. The zero-order valence-corrected chi connectivity index (χ0v) is 19.1. The van der Waals surface area contributed by atoms with Crippen molar-refractivity contribution in [1.82, 2.24) is 0 Å². The normalized spacial score (nSPS) is 11.4. The Hall–Kier alpha value is -2.55. The molecule has 0 unspecified atom stereocenters. The molecule has 0 aliphatic rings. The first-order valence-electron chi connectivity index (χ1n) is 11.3. The first kappa shape index (κ1) is 23.7. The molecule has 0 saturated heterocycles. The van der Waals surface area contributed by atoms with Crippen molar-refractivity contribution >= 4 is 11.9 Å². The van der Waals surface area contributed by atoms with E-state index in [0.717, 1.165) is 49.2 Å². The molecule has 0 amide bonds. The maximum Gasteiger partial charge on any atom is 0.185 e. The standard InChI is InChI=1S/C27H36O3/c1-6-20-18-22(16-17-25(28)21-14-12-11-13-15-21)27(30-24(9-4)10-5)26(19-20)29-23(7-2)8-3/h11-19,23-24H,6-10H2,1-5H3. The van der Waals surface area contributed by atoms with Gasteiger partial charge in [-0.15, -0.1) is 0 Å². The summed E-state index contributed by atoms with van der Waals surface area (Å²) in [5.74, 6) is 1.50. The molecule has 0 radical (unpaired) electrons. The predicted molar refractivity (Wildman–Crippen MR) is 126 cm³/mol. The molecule has 0 saturated carbocycles. The highest BCUT2D eigenvalue weighted by Gasteiger charge is 2.18. The third kappa shape index (κ3) is 6.48. The van der Waals surface area contributed by atoms with Gasteiger partial charge in [0.2, 0.25) is 0 Å². The van der Waals surface area contributed by atoms with Crippen molar-refractivity contribution in [3.05, 3.63) is 65.2 Å². The molecule has 0 aliphatic heterocycles. The Morgan fingerprint density at radius 1 is 0.867 bits per heavy atom. The van der Waals surface area contributed by atoms with Crippen LogP contribution in [0.2, 0.25) is 0 Å². The number of aryl methyl sites for hydroxylation is 1. The first-order chi connectivity index (χ1) is 14.6. The Morgan fingerprint density at radius 2 is 1.47 bits per heavy atom. The topological polar surface area (TPSA) is 35.5 Å². The van der Waals surface area contributed by atoms with Crippen molar-refractivity contribution < 1.29 is 14.3 Å². The van der Waals surface area contributed by atoms with Gasteiger partial charge in [0, 0.05) is 11.1 Å². The highest BCUT2D eigenvalue weighted by atomic mass is 16.5. The lowest BCUT2D eigenvalue weighted by molar-refractivity contribution is 0.104. The summed E-state index contributed by atoms with van der Waals surface area (Å²) in [5.41, 5.74) is 2.74. The average molecular weight is 409 g/mol. The number of rotatable bonds is 12. The lowest BCUT2D eigenvalue weighted by Crippen LogP contribution is -2.18. The van der Waals surface area contributed by atoms with Crippen LogP contribution in [0.4, 0.5) is 0 Å². The molecule has 3 heteroatoms. The highest BCUT2D eigenvalue weighted by Crippen LogP contribution is 2.37. The SMILES string of the molecule is CCc1cc(C=CC(=O)c2ccccc2)c(OC(CC)CC)c(OC(CC)CC)c1. The monoisotopic (exact) mass is 408 g/mol. The number of carbonyl (C=O) groups excluding carboxylic acids is 1. The lowest BCUT2D eigenvalue weighted by atomic mass is 10.0. The van der Waals surface area contributed by atoms with Gasteiger partial charge in [0.25, 0.3) is 0 Å². The number of ether oxygens (including phenoxy) is 2. The zero-order chi connectivity index (χ0) is 21.9. The molecule has 0 heterocycles. The summed E-state index contributed by atoms with van der Waals surface area (Å²) in [7, 11) is 0. The van der Waals surface area contributed by atoms with Crippen molar-refractivity contribution in [1.29, 1.82) is 0 Å². The molecule has 0 aromatic heterocycles. The van der Waals surface area contributed by atoms with Gasteiger partial charge in [0.05, 0.1) is 12.2 Å². The number of ketones is 1. The van der Waals surface area contributed by atoms with Gasteiger partial charge >= 0.3 is 0 Å². The van der Waals surface area contributed by atoms with Crippen molar-refractivity contribution in [3.8, 4) is 11.5 Å². The maximum absolute atomic E-state index is 12.6. The fraction of sp³-hybridized carbons (Fsp3) is 0.444. The van der Waals surface area contributed by atoms with Crippen molar-refractivity contribution in [2.24, 2.45) is 0 Å². The van der Waals surface area contributed by atoms with Gasteiger partial charge < -0.3 is 9.47 Å². The number of benzene rings is 2. The van der Waals surface area contributed by atoms with E-state index in [-0.39, 0.29) is 18.0 Å². The molecule has 0 bridgehead atoms. The van der Waals surface area contributed by atoms with Crippen LogP contribution in [0.3, 0.4) is 0 Å². The van der Waals surface area contributed by atoms with Gasteiger partial charge in [-0.3, -0.25) is 4.79 Å². The Labute approximate surface area is 182 Å². The van der Waals surface area contributed by atoms with Gasteiger partial charge in [-0.25, -0.2) is 0 Å². The predicted octanol–water partition coefficient (Wildman–Crippen LogP) is 7.28. The zero-order valence-electron chi connectivity index (χ0n) is 19.1. The van der Waals surface area contributed by atoms with Crippen LogP contribution in [0.5, 0.6) is 11.5 Å². The van der Waals surface area contributed by atoms with Crippen LogP contribution in [0.15, 0.2) is 48.5 Å². The van der Waals surface area contributed by atoms with Gasteiger partial charge in [-0.05, 0) is 62.0 Å². The summed E-state index contributed by atoms with van der Waals surface area (Å²) in [4.78, 5) is 12.6. The van der Waals surface area contributed by atoms with Crippen molar-refractivity contribution in [2.75, 3.05) is 0 Å². The minimum Gasteiger partial charge on any atom is -0.487 e. The van der Waals surface area contributed by atoms with E-state index in [1.54, 1.807) is 6.08 Å². The minimum absolute atomic E-state index is 0.0200. The molecular formula is C27H36O3. The van der Waals surface area contributed by atoms with Crippen molar-refractivity contribution in [3.63, 3.8) is 0 Å². The third-order valence-corrected chi connectivity index (χ3v) is 5.42. The Kier molecular flexibility index (Phi) is 9.66. The molecule has 162 valence electrons. The summed E-state index contributed by atoms with van der Waals surface area (Å²) in [6, 6.07) is 13.5. The van der Waals surface area contributed by atoms with E-state index < -0.39 is 0 Å². The number of carbonyl (C=O) groups is 1. The fourth-order valence-corrected chi connectivity index (χ4v) is 3.35. The molecule has 0 N–H and O–H groups in total. The van der Waals surface area contributed by atoms with Crippen LogP contribution in [-0.2, 0) is 6.42 Å². The number of allylic oxidation sites excluding steroid dienone is 1. The van der Waals surface area contributed by atoms with E-state index in [0.29, 0.717) is 5.56 Å². The molecule has 2 rings (SSSR count). The molecule has 3 nitrogen and oxygen atoms in total. The first-order valence-corrected chi connectivity index (χ1v) is 11.3. The second-order valence-corrected chi connectivity index (χ2v) is 7.54. The molecule has 30 heavy (non-hydrogen) atoms. The second kappa shape index (κ2) is 12.2. The van der Waals surface area contributed by atoms with Gasteiger partial charge in [-0.2, -0.15) is 0 Å².